The molecule has 0 fully saturated rings. The van der Waals surface area contributed by atoms with Crippen molar-refractivity contribution >= 4 is 0 Å². The standard InChI is InChI=1S/C16H15F2NO/c17-13-6-5-12(15(18)8-13)9-19-14-7-11-3-1-2-4-16(11)20-10-14/h1-6,8,14,19H,7,9-10H2/t14-/m0/s1. The van der Waals surface area contributed by atoms with Crippen LogP contribution in [0.5, 0.6) is 5.75 Å². The van der Waals surface area contributed by atoms with Crippen molar-refractivity contribution in [2.24, 2.45) is 0 Å². The first kappa shape index (κ1) is 13.1. The SMILES string of the molecule is Fc1ccc(CN[C@@H]2COc3ccccc3C2)c(F)c1. The molecule has 1 N–H and O–H groups in total. The number of ether oxygens (including phenoxy) is 1. The summed E-state index contributed by atoms with van der Waals surface area (Å²) in [5.41, 5.74) is 1.61. The minimum atomic E-state index is -0.554. The summed E-state index contributed by atoms with van der Waals surface area (Å²) in [5.74, 6) is -0.158. The average Bonchev–Trinajstić information content (AvgIpc) is 2.46. The van der Waals surface area contributed by atoms with Gasteiger partial charge in [0.25, 0.3) is 0 Å². The largest absolute Gasteiger partial charge is 0.492 e. The van der Waals surface area contributed by atoms with Gasteiger partial charge in [-0.05, 0) is 24.1 Å². The van der Waals surface area contributed by atoms with E-state index in [1.807, 2.05) is 24.3 Å². The summed E-state index contributed by atoms with van der Waals surface area (Å²) in [5, 5.41) is 3.25. The zero-order valence-electron chi connectivity index (χ0n) is 10.9. The lowest BCUT2D eigenvalue weighted by Crippen LogP contribution is -2.39. The molecule has 1 aliphatic heterocycles. The number of rotatable bonds is 3. The lowest BCUT2D eigenvalue weighted by molar-refractivity contribution is 0.237. The highest BCUT2D eigenvalue weighted by Crippen LogP contribution is 2.24. The van der Waals surface area contributed by atoms with Gasteiger partial charge in [0.2, 0.25) is 0 Å². The van der Waals surface area contributed by atoms with Gasteiger partial charge in [0, 0.05) is 24.2 Å². The first-order chi connectivity index (χ1) is 9.72. The Kier molecular flexibility index (Phi) is 3.65. The Balaban J connectivity index is 1.63. The van der Waals surface area contributed by atoms with Gasteiger partial charge in [-0.1, -0.05) is 24.3 Å². The van der Waals surface area contributed by atoms with Gasteiger partial charge in [-0.25, -0.2) is 8.78 Å². The fraction of sp³-hybridized carbons (Fsp3) is 0.250. The first-order valence-corrected chi connectivity index (χ1v) is 6.60. The van der Waals surface area contributed by atoms with Gasteiger partial charge in [0.15, 0.2) is 0 Å². The molecule has 4 heteroatoms. The molecule has 2 aromatic carbocycles. The third-order valence-electron chi connectivity index (χ3n) is 3.48. The van der Waals surface area contributed by atoms with E-state index in [0.717, 1.165) is 23.8 Å². The molecule has 1 aliphatic rings. The van der Waals surface area contributed by atoms with E-state index in [1.165, 1.54) is 12.1 Å². The summed E-state index contributed by atoms with van der Waals surface area (Å²) < 4.78 is 32.0. The topological polar surface area (TPSA) is 21.3 Å². The van der Waals surface area contributed by atoms with Crippen LogP contribution in [0, 0.1) is 11.6 Å². The van der Waals surface area contributed by atoms with E-state index in [2.05, 4.69) is 5.32 Å². The highest BCUT2D eigenvalue weighted by molar-refractivity contribution is 5.35. The predicted octanol–water partition coefficient (Wildman–Crippen LogP) is 3.06. The molecular formula is C16H15F2NO. The van der Waals surface area contributed by atoms with Crippen molar-refractivity contribution in [1.82, 2.24) is 5.32 Å². The summed E-state index contributed by atoms with van der Waals surface area (Å²) in [6, 6.07) is 11.7. The van der Waals surface area contributed by atoms with Crippen LogP contribution in [0.25, 0.3) is 0 Å². The van der Waals surface area contributed by atoms with Crippen molar-refractivity contribution in [2.75, 3.05) is 6.61 Å². The summed E-state index contributed by atoms with van der Waals surface area (Å²) in [6.07, 6.45) is 0.846. The summed E-state index contributed by atoms with van der Waals surface area (Å²) >= 11 is 0. The first-order valence-electron chi connectivity index (χ1n) is 6.60. The molecule has 0 amide bonds. The molecule has 2 nitrogen and oxygen atoms in total. The molecule has 1 atom stereocenters. The normalized spacial score (nSPS) is 17.4. The molecule has 0 saturated heterocycles. The van der Waals surface area contributed by atoms with E-state index in [4.69, 9.17) is 4.74 Å². The third-order valence-corrected chi connectivity index (χ3v) is 3.48. The molecule has 3 rings (SSSR count). The number of hydrogen-bond donors (Lipinski definition) is 1. The van der Waals surface area contributed by atoms with Crippen LogP contribution in [-0.2, 0) is 13.0 Å². The minimum absolute atomic E-state index is 0.134. The Bertz CT molecular complexity index is 615. The second-order valence-electron chi connectivity index (χ2n) is 4.94. The van der Waals surface area contributed by atoms with Gasteiger partial charge >= 0.3 is 0 Å². The van der Waals surface area contributed by atoms with Crippen molar-refractivity contribution in [3.05, 3.63) is 65.2 Å². The number of halogens is 2. The highest BCUT2D eigenvalue weighted by Gasteiger charge is 2.19. The Labute approximate surface area is 116 Å². The second kappa shape index (κ2) is 5.59. The smallest absolute Gasteiger partial charge is 0.130 e. The summed E-state index contributed by atoms with van der Waals surface area (Å²) in [6.45, 7) is 0.919. The van der Waals surface area contributed by atoms with Gasteiger partial charge in [0.05, 0.1) is 0 Å². The van der Waals surface area contributed by atoms with Crippen LogP contribution >= 0.6 is 0 Å². The van der Waals surface area contributed by atoms with E-state index < -0.39 is 11.6 Å². The molecule has 1 heterocycles. The molecule has 0 unspecified atom stereocenters. The Morgan fingerprint density at radius 3 is 2.85 bits per heavy atom. The number of nitrogens with one attached hydrogen (secondary N) is 1. The van der Waals surface area contributed by atoms with Gasteiger partial charge in [-0.2, -0.15) is 0 Å². The maximum Gasteiger partial charge on any atom is 0.130 e. The van der Waals surface area contributed by atoms with Gasteiger partial charge in [0.1, 0.15) is 24.0 Å². The van der Waals surface area contributed by atoms with Gasteiger partial charge in [-0.15, -0.1) is 0 Å². The Morgan fingerprint density at radius 2 is 2.00 bits per heavy atom. The van der Waals surface area contributed by atoms with Crippen LogP contribution < -0.4 is 10.1 Å². The fourth-order valence-corrected chi connectivity index (χ4v) is 2.38. The molecular weight excluding hydrogens is 260 g/mol. The minimum Gasteiger partial charge on any atom is -0.492 e. The van der Waals surface area contributed by atoms with Gasteiger partial charge in [-0.3, -0.25) is 0 Å². The quantitative estimate of drug-likeness (QED) is 0.929. The van der Waals surface area contributed by atoms with Crippen molar-refractivity contribution < 1.29 is 13.5 Å². The summed E-state index contributed by atoms with van der Waals surface area (Å²) in [4.78, 5) is 0. The predicted molar refractivity (Wildman–Crippen MR) is 72.6 cm³/mol. The molecule has 0 saturated carbocycles. The van der Waals surface area contributed by atoms with Crippen LogP contribution in [-0.4, -0.2) is 12.6 Å². The van der Waals surface area contributed by atoms with Crippen molar-refractivity contribution in [3.8, 4) is 5.75 Å². The molecule has 0 bridgehead atoms. The number of benzene rings is 2. The molecule has 104 valence electrons. The van der Waals surface area contributed by atoms with Crippen LogP contribution in [0.3, 0.4) is 0 Å². The molecule has 0 spiro atoms. The number of fused-ring (bicyclic) bond motifs is 1. The Morgan fingerprint density at radius 1 is 1.15 bits per heavy atom. The van der Waals surface area contributed by atoms with Crippen molar-refractivity contribution in [2.45, 2.75) is 19.0 Å². The Hall–Kier alpha value is -1.94. The van der Waals surface area contributed by atoms with E-state index in [9.17, 15) is 8.78 Å². The average molecular weight is 275 g/mol. The maximum absolute atomic E-state index is 13.5. The molecule has 0 aliphatic carbocycles. The zero-order valence-corrected chi connectivity index (χ0v) is 10.9. The van der Waals surface area contributed by atoms with Crippen molar-refractivity contribution in [1.29, 1.82) is 0 Å². The lowest BCUT2D eigenvalue weighted by atomic mass is 10.0. The fourth-order valence-electron chi connectivity index (χ4n) is 2.38. The van der Waals surface area contributed by atoms with E-state index in [0.29, 0.717) is 18.7 Å². The maximum atomic E-state index is 13.5. The number of hydrogen-bond acceptors (Lipinski definition) is 2. The van der Waals surface area contributed by atoms with E-state index >= 15 is 0 Å². The summed E-state index contributed by atoms with van der Waals surface area (Å²) in [7, 11) is 0. The molecule has 0 aromatic heterocycles. The molecule has 2 aromatic rings. The number of para-hydroxylation sites is 1. The van der Waals surface area contributed by atoms with E-state index in [1.54, 1.807) is 0 Å². The van der Waals surface area contributed by atoms with Crippen LogP contribution in [0.1, 0.15) is 11.1 Å². The van der Waals surface area contributed by atoms with Gasteiger partial charge < -0.3 is 10.1 Å². The second-order valence-corrected chi connectivity index (χ2v) is 4.94. The molecule has 0 radical (unpaired) electrons. The highest BCUT2D eigenvalue weighted by atomic mass is 19.1. The lowest BCUT2D eigenvalue weighted by Gasteiger charge is -2.26. The zero-order chi connectivity index (χ0) is 13.9. The van der Waals surface area contributed by atoms with Crippen LogP contribution in [0.4, 0.5) is 8.78 Å². The van der Waals surface area contributed by atoms with Crippen LogP contribution in [0.2, 0.25) is 0 Å². The van der Waals surface area contributed by atoms with Crippen molar-refractivity contribution in [3.63, 3.8) is 0 Å². The monoisotopic (exact) mass is 275 g/mol. The third kappa shape index (κ3) is 2.80. The van der Waals surface area contributed by atoms with E-state index in [-0.39, 0.29) is 6.04 Å². The molecule has 20 heavy (non-hydrogen) atoms. The van der Waals surface area contributed by atoms with Crippen LogP contribution in [0.15, 0.2) is 42.5 Å².